The smallest absolute Gasteiger partial charge is 0.241 e. The van der Waals surface area contributed by atoms with E-state index in [-0.39, 0.29) is 6.04 Å². The first kappa shape index (κ1) is 15.5. The summed E-state index contributed by atoms with van der Waals surface area (Å²) in [7, 11) is -3.39. The zero-order chi connectivity index (χ0) is 14.6. The molecule has 0 aliphatic carbocycles. The number of benzene rings is 1. The van der Waals surface area contributed by atoms with E-state index in [2.05, 4.69) is 16.5 Å². The Morgan fingerprint density at radius 3 is 2.50 bits per heavy atom. The van der Waals surface area contributed by atoms with Crippen LogP contribution in [0.3, 0.4) is 0 Å². The summed E-state index contributed by atoms with van der Waals surface area (Å²) < 4.78 is 27.7. The number of aryl methyl sites for hydroxylation is 1. The second-order valence-electron chi connectivity index (χ2n) is 5.50. The molecule has 5 heteroatoms. The Labute approximate surface area is 122 Å². The Morgan fingerprint density at radius 2 is 1.90 bits per heavy atom. The molecule has 1 aromatic rings. The van der Waals surface area contributed by atoms with Gasteiger partial charge in [-0.2, -0.15) is 0 Å². The van der Waals surface area contributed by atoms with Crippen molar-refractivity contribution in [3.8, 4) is 0 Å². The van der Waals surface area contributed by atoms with Crippen molar-refractivity contribution < 1.29 is 8.42 Å². The van der Waals surface area contributed by atoms with Gasteiger partial charge in [0.2, 0.25) is 10.0 Å². The molecule has 0 aromatic heterocycles. The van der Waals surface area contributed by atoms with Crippen LogP contribution < -0.4 is 4.72 Å². The Kier molecular flexibility index (Phi) is 5.18. The van der Waals surface area contributed by atoms with Gasteiger partial charge in [-0.15, -0.1) is 0 Å². The van der Waals surface area contributed by atoms with Crippen molar-refractivity contribution in [3.63, 3.8) is 0 Å². The summed E-state index contributed by atoms with van der Waals surface area (Å²) in [5, 5.41) is 0. The lowest BCUT2D eigenvalue weighted by molar-refractivity contribution is 0.208. The maximum atomic E-state index is 12.4. The maximum absolute atomic E-state index is 12.4. The molecule has 0 saturated carbocycles. The van der Waals surface area contributed by atoms with Crippen LogP contribution in [0.4, 0.5) is 0 Å². The van der Waals surface area contributed by atoms with E-state index >= 15 is 0 Å². The molecule has 1 aliphatic rings. The van der Waals surface area contributed by atoms with Gasteiger partial charge in [-0.3, -0.25) is 0 Å². The molecule has 2 rings (SSSR count). The number of sulfonamides is 1. The number of likely N-dealkylation sites (tertiary alicyclic amines) is 1. The van der Waals surface area contributed by atoms with Gasteiger partial charge in [0.25, 0.3) is 0 Å². The molecule has 20 heavy (non-hydrogen) atoms. The van der Waals surface area contributed by atoms with Crippen LogP contribution in [0.25, 0.3) is 0 Å². The summed E-state index contributed by atoms with van der Waals surface area (Å²) in [5.41, 5.74) is 0.795. The number of nitrogens with one attached hydrogen (secondary N) is 1. The van der Waals surface area contributed by atoms with Gasteiger partial charge >= 0.3 is 0 Å². The lowest BCUT2D eigenvalue weighted by Crippen LogP contribution is -2.44. The van der Waals surface area contributed by atoms with Crippen molar-refractivity contribution in [2.24, 2.45) is 0 Å². The average molecular weight is 296 g/mol. The second-order valence-corrected chi connectivity index (χ2v) is 7.19. The van der Waals surface area contributed by atoms with Crippen molar-refractivity contribution in [2.45, 2.75) is 44.0 Å². The summed E-state index contributed by atoms with van der Waals surface area (Å²) in [6.07, 6.45) is 2.94. The molecule has 4 nitrogen and oxygen atoms in total. The number of nitrogens with zero attached hydrogens (tertiary/aromatic N) is 1. The first-order valence-electron chi connectivity index (χ1n) is 7.33. The molecule has 0 radical (unpaired) electrons. The quantitative estimate of drug-likeness (QED) is 0.906. The molecular formula is C15H24N2O2S. The Morgan fingerprint density at radius 1 is 1.25 bits per heavy atom. The molecule has 1 aromatic carbocycles. The molecule has 1 fully saturated rings. The molecule has 0 bridgehead atoms. The normalized spacial score (nSPS) is 18.3. The van der Waals surface area contributed by atoms with Crippen molar-refractivity contribution >= 4 is 10.0 Å². The minimum absolute atomic E-state index is 0.0627. The van der Waals surface area contributed by atoms with Gasteiger partial charge in [0.1, 0.15) is 0 Å². The van der Waals surface area contributed by atoms with Crippen LogP contribution in [0.5, 0.6) is 0 Å². The molecule has 112 valence electrons. The summed E-state index contributed by atoms with van der Waals surface area (Å²) in [6.45, 7) is 7.08. The average Bonchev–Trinajstić information content (AvgIpc) is 2.41. The van der Waals surface area contributed by atoms with E-state index in [4.69, 9.17) is 0 Å². The van der Waals surface area contributed by atoms with E-state index < -0.39 is 10.0 Å². The molecule has 1 aliphatic heterocycles. The van der Waals surface area contributed by atoms with E-state index in [1.54, 1.807) is 12.1 Å². The molecule has 0 amide bonds. The third-order valence-electron chi connectivity index (χ3n) is 3.83. The van der Waals surface area contributed by atoms with E-state index in [9.17, 15) is 8.42 Å². The highest BCUT2D eigenvalue weighted by molar-refractivity contribution is 7.89. The minimum atomic E-state index is -3.39. The fraction of sp³-hybridized carbons (Fsp3) is 0.600. The SMILES string of the molecule is CCCN1CCC(NS(=O)(=O)c2ccccc2C)CC1. The third-order valence-corrected chi connectivity index (χ3v) is 5.51. The van der Waals surface area contributed by atoms with E-state index in [1.807, 2.05) is 19.1 Å². The standard InChI is InChI=1S/C15H24N2O2S/c1-3-10-17-11-8-14(9-12-17)16-20(18,19)15-7-5-4-6-13(15)2/h4-7,14,16H,3,8-12H2,1-2H3. The molecule has 0 spiro atoms. The first-order valence-corrected chi connectivity index (χ1v) is 8.81. The predicted molar refractivity (Wildman–Crippen MR) is 81.3 cm³/mol. The molecule has 0 atom stereocenters. The summed E-state index contributed by atoms with van der Waals surface area (Å²) >= 11 is 0. The Balaban J connectivity index is 1.99. The second kappa shape index (κ2) is 6.70. The van der Waals surface area contributed by atoms with Gasteiger partial charge in [0.05, 0.1) is 4.90 Å². The minimum Gasteiger partial charge on any atom is -0.303 e. The summed E-state index contributed by atoms with van der Waals surface area (Å²) in [5.74, 6) is 0. The number of hydrogen-bond acceptors (Lipinski definition) is 3. The van der Waals surface area contributed by atoms with Crippen LogP contribution in [-0.4, -0.2) is 39.0 Å². The van der Waals surface area contributed by atoms with Crippen molar-refractivity contribution in [3.05, 3.63) is 29.8 Å². The van der Waals surface area contributed by atoms with Crippen LogP contribution in [-0.2, 0) is 10.0 Å². The monoisotopic (exact) mass is 296 g/mol. The highest BCUT2D eigenvalue weighted by Gasteiger charge is 2.24. The molecule has 1 saturated heterocycles. The van der Waals surface area contributed by atoms with Crippen LogP contribution in [0.1, 0.15) is 31.7 Å². The molecule has 1 heterocycles. The fourth-order valence-electron chi connectivity index (χ4n) is 2.73. The largest absolute Gasteiger partial charge is 0.303 e. The zero-order valence-electron chi connectivity index (χ0n) is 12.3. The van der Waals surface area contributed by atoms with Crippen molar-refractivity contribution in [1.29, 1.82) is 0 Å². The fourth-order valence-corrected chi connectivity index (χ4v) is 4.28. The first-order chi connectivity index (χ1) is 9.53. The topological polar surface area (TPSA) is 49.4 Å². The van der Waals surface area contributed by atoms with Crippen LogP contribution in [0.15, 0.2) is 29.2 Å². The lowest BCUT2D eigenvalue weighted by atomic mass is 10.1. The van der Waals surface area contributed by atoms with E-state index in [0.29, 0.717) is 4.90 Å². The Hall–Kier alpha value is -0.910. The van der Waals surface area contributed by atoms with Gasteiger partial charge in [-0.1, -0.05) is 25.1 Å². The number of piperidine rings is 1. The Bertz CT molecular complexity index is 535. The molecule has 1 N–H and O–H groups in total. The predicted octanol–water partition coefficient (Wildman–Crippen LogP) is 2.15. The van der Waals surface area contributed by atoms with Gasteiger partial charge in [0, 0.05) is 6.04 Å². The van der Waals surface area contributed by atoms with Crippen LogP contribution in [0.2, 0.25) is 0 Å². The molecular weight excluding hydrogens is 272 g/mol. The maximum Gasteiger partial charge on any atom is 0.241 e. The zero-order valence-corrected chi connectivity index (χ0v) is 13.1. The highest BCUT2D eigenvalue weighted by atomic mass is 32.2. The third kappa shape index (κ3) is 3.81. The van der Waals surface area contributed by atoms with Gasteiger partial charge in [0.15, 0.2) is 0 Å². The highest BCUT2D eigenvalue weighted by Crippen LogP contribution is 2.17. The summed E-state index contributed by atoms with van der Waals surface area (Å²) in [6, 6.07) is 7.19. The number of rotatable bonds is 5. The summed E-state index contributed by atoms with van der Waals surface area (Å²) in [4.78, 5) is 2.80. The lowest BCUT2D eigenvalue weighted by Gasteiger charge is -2.32. The van der Waals surface area contributed by atoms with Crippen molar-refractivity contribution in [1.82, 2.24) is 9.62 Å². The van der Waals surface area contributed by atoms with Crippen LogP contribution >= 0.6 is 0 Å². The van der Waals surface area contributed by atoms with E-state index in [0.717, 1.165) is 44.5 Å². The number of hydrogen-bond donors (Lipinski definition) is 1. The van der Waals surface area contributed by atoms with Gasteiger partial charge in [-0.05, 0) is 57.5 Å². The van der Waals surface area contributed by atoms with Gasteiger partial charge in [-0.25, -0.2) is 13.1 Å². The van der Waals surface area contributed by atoms with E-state index in [1.165, 1.54) is 0 Å². The van der Waals surface area contributed by atoms with Gasteiger partial charge < -0.3 is 4.90 Å². The van der Waals surface area contributed by atoms with Crippen LogP contribution in [0, 0.1) is 6.92 Å². The van der Waals surface area contributed by atoms with Crippen molar-refractivity contribution in [2.75, 3.05) is 19.6 Å². The molecule has 0 unspecified atom stereocenters.